The second kappa shape index (κ2) is 33.9. The van der Waals surface area contributed by atoms with Crippen LogP contribution in [0.2, 0.25) is 0 Å². The Hall–Kier alpha value is -0.640. The molecule has 0 fully saturated rings. The van der Waals surface area contributed by atoms with Gasteiger partial charge in [0.15, 0.2) is 0 Å². The third kappa shape index (κ3) is 35.5. The van der Waals surface area contributed by atoms with Gasteiger partial charge < -0.3 is 0 Å². The topological polar surface area (TPSA) is 18.5 Å². The van der Waals surface area contributed by atoms with E-state index in [9.17, 15) is 0 Å². The van der Waals surface area contributed by atoms with Crippen LogP contribution >= 0.6 is 0 Å². The fourth-order valence-electron chi connectivity index (χ4n) is 5.31. The van der Waals surface area contributed by atoms with Crippen LogP contribution in [0, 0.1) is 0 Å². The fourth-order valence-corrected chi connectivity index (χ4v) is 5.31. The molecule has 0 heterocycles. The maximum Gasteiger partial charge on any atom is 0.132 e. The van der Waals surface area contributed by atoms with Crippen LogP contribution in [0.15, 0.2) is 24.3 Å². The van der Waals surface area contributed by atoms with Crippen molar-refractivity contribution in [2.24, 2.45) is 0 Å². The molecule has 0 aliphatic carbocycles. The van der Waals surface area contributed by atoms with Crippen LogP contribution in [-0.2, 0) is 9.68 Å². The van der Waals surface area contributed by atoms with Crippen molar-refractivity contribution >= 4 is 0 Å². The molecule has 0 spiro atoms. The standard InChI is InChI=1S/C38H76NO2/c1-5-7-9-11-13-15-17-19-21-23-25-27-29-31-33-35-37-40-39(3,4)41-38-36-34-32-30-28-26-24-22-20-18-16-14-12-10-8-6-2/h19-22H,5-18,23-38H2,1-4H3/q+1/b21-19-,22-20-. The first kappa shape index (κ1) is 40.4. The molecule has 0 N–H and O–H groups in total. The Morgan fingerprint density at radius 1 is 0.341 bits per heavy atom. The van der Waals surface area contributed by atoms with Crippen LogP contribution in [0.5, 0.6) is 0 Å². The van der Waals surface area contributed by atoms with Crippen LogP contribution in [0.1, 0.15) is 194 Å². The lowest BCUT2D eigenvalue weighted by molar-refractivity contribution is -1.22. The van der Waals surface area contributed by atoms with E-state index in [0.717, 1.165) is 26.1 Å². The summed E-state index contributed by atoms with van der Waals surface area (Å²) in [5.41, 5.74) is 0. The van der Waals surface area contributed by atoms with Crippen LogP contribution in [0.3, 0.4) is 0 Å². The van der Waals surface area contributed by atoms with Crippen LogP contribution in [0.25, 0.3) is 0 Å². The number of hydrogen-bond donors (Lipinski definition) is 0. The van der Waals surface area contributed by atoms with Gasteiger partial charge in [0.2, 0.25) is 0 Å². The maximum atomic E-state index is 5.98. The highest BCUT2D eigenvalue weighted by Crippen LogP contribution is 2.13. The van der Waals surface area contributed by atoms with Crippen molar-refractivity contribution in [3.8, 4) is 0 Å². The third-order valence-electron chi connectivity index (χ3n) is 8.12. The largest absolute Gasteiger partial charge is 0.169 e. The van der Waals surface area contributed by atoms with E-state index in [1.54, 1.807) is 0 Å². The average molecular weight is 579 g/mol. The van der Waals surface area contributed by atoms with E-state index in [-0.39, 0.29) is 4.81 Å². The summed E-state index contributed by atoms with van der Waals surface area (Å²) < 4.78 is 0. The number of rotatable bonds is 34. The Balaban J connectivity index is 3.34. The zero-order chi connectivity index (χ0) is 30.0. The van der Waals surface area contributed by atoms with Gasteiger partial charge in [0.25, 0.3) is 0 Å². The first-order chi connectivity index (χ1) is 20.1. The molecule has 0 bridgehead atoms. The molecule has 0 aliphatic heterocycles. The lowest BCUT2D eigenvalue weighted by Crippen LogP contribution is -2.40. The fraction of sp³-hybridized carbons (Fsp3) is 0.895. The Bertz CT molecular complexity index is 496. The molecule has 0 atom stereocenters. The Labute approximate surface area is 259 Å². The highest BCUT2D eigenvalue weighted by molar-refractivity contribution is 4.82. The zero-order valence-corrected chi connectivity index (χ0v) is 28.8. The minimum atomic E-state index is 0.232. The summed E-state index contributed by atoms with van der Waals surface area (Å²) in [7, 11) is 4.03. The number of hydroxylamine groups is 4. The summed E-state index contributed by atoms with van der Waals surface area (Å²) in [6.07, 6.45) is 47.1. The summed E-state index contributed by atoms with van der Waals surface area (Å²) in [6.45, 7) is 6.16. The van der Waals surface area contributed by atoms with E-state index in [1.165, 1.54) is 167 Å². The van der Waals surface area contributed by atoms with Gasteiger partial charge in [0.05, 0.1) is 0 Å². The van der Waals surface area contributed by atoms with E-state index in [0.29, 0.717) is 0 Å². The number of allylic oxidation sites excluding steroid dienone is 4. The smallest absolute Gasteiger partial charge is 0.132 e. The lowest BCUT2D eigenvalue weighted by Gasteiger charge is -2.24. The highest BCUT2D eigenvalue weighted by Gasteiger charge is 2.17. The Morgan fingerprint density at radius 3 is 0.878 bits per heavy atom. The predicted octanol–water partition coefficient (Wildman–Crippen LogP) is 13.0. The van der Waals surface area contributed by atoms with Crippen molar-refractivity contribution in [1.82, 2.24) is 0 Å². The molecule has 0 unspecified atom stereocenters. The molecule has 3 nitrogen and oxygen atoms in total. The first-order valence-electron chi connectivity index (χ1n) is 18.6. The molecular formula is C38H76NO2+. The third-order valence-corrected chi connectivity index (χ3v) is 8.12. The molecule has 0 aromatic carbocycles. The normalized spacial score (nSPS) is 12.4. The van der Waals surface area contributed by atoms with Crippen molar-refractivity contribution in [3.63, 3.8) is 0 Å². The van der Waals surface area contributed by atoms with Gasteiger partial charge in [-0.15, -0.1) is 0 Å². The molecule has 0 aromatic heterocycles. The van der Waals surface area contributed by atoms with E-state index < -0.39 is 0 Å². The van der Waals surface area contributed by atoms with Gasteiger partial charge in [-0.05, 0) is 69.0 Å². The lowest BCUT2D eigenvalue weighted by atomic mass is 10.1. The minimum absolute atomic E-state index is 0.232. The summed E-state index contributed by atoms with van der Waals surface area (Å²) in [6, 6.07) is 0. The number of quaternary nitrogens is 1. The van der Waals surface area contributed by atoms with Gasteiger partial charge in [-0.1, -0.05) is 154 Å². The predicted molar refractivity (Wildman–Crippen MR) is 183 cm³/mol. The zero-order valence-electron chi connectivity index (χ0n) is 28.8. The summed E-state index contributed by atoms with van der Waals surface area (Å²) in [4.78, 5) is 12.2. The van der Waals surface area contributed by atoms with E-state index in [2.05, 4.69) is 38.2 Å². The molecular weight excluding hydrogens is 502 g/mol. The molecule has 0 radical (unpaired) electrons. The molecule has 0 amide bonds. The van der Waals surface area contributed by atoms with Crippen molar-refractivity contribution in [3.05, 3.63) is 24.3 Å². The molecule has 41 heavy (non-hydrogen) atoms. The van der Waals surface area contributed by atoms with E-state index >= 15 is 0 Å². The summed E-state index contributed by atoms with van der Waals surface area (Å²) in [5.74, 6) is 0. The molecule has 3 heteroatoms. The quantitative estimate of drug-likeness (QED) is 0.0327. The molecule has 0 rings (SSSR count). The SMILES string of the molecule is CCCCCCCC/C=C\CCCCCCCCO[N+](C)(C)OCCCCCCCC/C=C\CCCCCCCC. The maximum absolute atomic E-state index is 5.98. The summed E-state index contributed by atoms with van der Waals surface area (Å²) in [5, 5.41) is 0. The minimum Gasteiger partial charge on any atom is -0.169 e. The van der Waals surface area contributed by atoms with Crippen LogP contribution in [0.4, 0.5) is 0 Å². The highest BCUT2D eigenvalue weighted by atomic mass is 17.0. The number of unbranched alkanes of at least 4 members (excludes halogenated alkanes) is 24. The van der Waals surface area contributed by atoms with Crippen LogP contribution in [-0.4, -0.2) is 32.1 Å². The van der Waals surface area contributed by atoms with Gasteiger partial charge in [-0.2, -0.15) is 9.68 Å². The van der Waals surface area contributed by atoms with Gasteiger partial charge in [-0.25, -0.2) is 0 Å². The van der Waals surface area contributed by atoms with Crippen molar-refractivity contribution < 1.29 is 14.5 Å². The second-order valence-corrected chi connectivity index (χ2v) is 12.8. The van der Waals surface area contributed by atoms with Gasteiger partial charge in [0.1, 0.15) is 27.3 Å². The molecule has 0 saturated carbocycles. The second-order valence-electron chi connectivity index (χ2n) is 12.8. The van der Waals surface area contributed by atoms with Crippen molar-refractivity contribution in [2.45, 2.75) is 194 Å². The monoisotopic (exact) mass is 579 g/mol. The summed E-state index contributed by atoms with van der Waals surface area (Å²) >= 11 is 0. The Kier molecular flexibility index (Phi) is 33.3. The van der Waals surface area contributed by atoms with Gasteiger partial charge in [-0.3, -0.25) is 0 Å². The number of nitrogens with zero attached hydrogens (tertiary/aromatic N) is 1. The molecule has 244 valence electrons. The molecule has 0 saturated heterocycles. The van der Waals surface area contributed by atoms with E-state index in [1.807, 2.05) is 14.1 Å². The number of hydrogen-bond acceptors (Lipinski definition) is 2. The van der Waals surface area contributed by atoms with Gasteiger partial charge in [0, 0.05) is 0 Å². The molecule has 0 aromatic rings. The average Bonchev–Trinajstić information content (AvgIpc) is 2.96. The Morgan fingerprint density at radius 2 is 0.585 bits per heavy atom. The molecule has 0 aliphatic rings. The van der Waals surface area contributed by atoms with E-state index in [4.69, 9.17) is 9.68 Å². The van der Waals surface area contributed by atoms with Crippen LogP contribution < -0.4 is 0 Å². The van der Waals surface area contributed by atoms with Crippen molar-refractivity contribution in [2.75, 3.05) is 27.3 Å². The van der Waals surface area contributed by atoms with Gasteiger partial charge >= 0.3 is 0 Å². The van der Waals surface area contributed by atoms with Crippen molar-refractivity contribution in [1.29, 1.82) is 0 Å². The first-order valence-corrected chi connectivity index (χ1v) is 18.6.